The molecule has 0 saturated carbocycles. The van der Waals surface area contributed by atoms with Crippen LogP contribution in [0.1, 0.15) is 5.56 Å². The molecule has 0 amide bonds. The lowest BCUT2D eigenvalue weighted by Crippen LogP contribution is -1.97. The highest BCUT2D eigenvalue weighted by Crippen LogP contribution is 2.31. The van der Waals surface area contributed by atoms with Crippen molar-refractivity contribution >= 4 is 28.7 Å². The van der Waals surface area contributed by atoms with E-state index in [-0.39, 0.29) is 0 Å². The zero-order valence-electron chi connectivity index (χ0n) is 10.3. The van der Waals surface area contributed by atoms with Crippen LogP contribution in [-0.4, -0.2) is 7.11 Å². The second kappa shape index (κ2) is 5.19. The summed E-state index contributed by atoms with van der Waals surface area (Å²) in [6, 6.07) is 11.3. The Labute approximate surface area is 112 Å². The minimum absolute atomic E-state index is 0.621. The summed E-state index contributed by atoms with van der Waals surface area (Å²) in [6.07, 6.45) is 0. The summed E-state index contributed by atoms with van der Waals surface area (Å²) in [7, 11) is 1.62. The molecule has 0 unspecified atom stereocenters. The van der Waals surface area contributed by atoms with Crippen LogP contribution in [-0.2, 0) is 0 Å². The predicted molar refractivity (Wildman–Crippen MR) is 76.9 cm³/mol. The van der Waals surface area contributed by atoms with Gasteiger partial charge in [-0.15, -0.1) is 0 Å². The largest absolute Gasteiger partial charge is 0.497 e. The molecule has 0 fully saturated rings. The average molecular weight is 263 g/mol. The molecule has 0 radical (unpaired) electrons. The molecule has 4 heteroatoms. The van der Waals surface area contributed by atoms with Crippen molar-refractivity contribution in [2.45, 2.75) is 6.92 Å². The van der Waals surface area contributed by atoms with Crippen LogP contribution in [0.15, 0.2) is 36.4 Å². The lowest BCUT2D eigenvalue weighted by molar-refractivity contribution is 0.415. The normalized spacial score (nSPS) is 10.2. The Morgan fingerprint density at radius 2 is 1.89 bits per heavy atom. The second-order valence-corrected chi connectivity index (χ2v) is 4.47. The van der Waals surface area contributed by atoms with Gasteiger partial charge < -0.3 is 15.8 Å². The minimum Gasteiger partial charge on any atom is -0.497 e. The Hall–Kier alpha value is -1.87. The molecule has 18 heavy (non-hydrogen) atoms. The highest BCUT2D eigenvalue weighted by Gasteiger charge is 2.05. The van der Waals surface area contributed by atoms with Crippen molar-refractivity contribution in [3.63, 3.8) is 0 Å². The molecule has 3 nitrogen and oxygen atoms in total. The summed E-state index contributed by atoms with van der Waals surface area (Å²) in [5.74, 6) is 0.743. The monoisotopic (exact) mass is 262 g/mol. The quantitative estimate of drug-likeness (QED) is 0.823. The van der Waals surface area contributed by atoms with Gasteiger partial charge in [-0.1, -0.05) is 17.7 Å². The Morgan fingerprint density at radius 3 is 2.56 bits per heavy atom. The first-order chi connectivity index (χ1) is 8.60. The van der Waals surface area contributed by atoms with Gasteiger partial charge in [0.15, 0.2) is 0 Å². The molecule has 0 aliphatic rings. The van der Waals surface area contributed by atoms with Gasteiger partial charge >= 0.3 is 0 Å². The number of nitrogen functional groups attached to an aromatic ring is 1. The van der Waals surface area contributed by atoms with Crippen LogP contribution in [0.25, 0.3) is 0 Å². The van der Waals surface area contributed by atoms with Gasteiger partial charge in [0, 0.05) is 6.07 Å². The number of benzene rings is 2. The van der Waals surface area contributed by atoms with Crippen molar-refractivity contribution in [1.29, 1.82) is 0 Å². The van der Waals surface area contributed by atoms with Crippen LogP contribution in [0.5, 0.6) is 5.75 Å². The summed E-state index contributed by atoms with van der Waals surface area (Å²) in [5.41, 5.74) is 9.36. The highest BCUT2D eigenvalue weighted by molar-refractivity contribution is 6.33. The predicted octanol–water partition coefficient (Wildman–Crippen LogP) is 3.98. The van der Waals surface area contributed by atoms with Gasteiger partial charge in [0.2, 0.25) is 0 Å². The van der Waals surface area contributed by atoms with Crippen molar-refractivity contribution < 1.29 is 4.74 Å². The number of anilines is 3. The number of rotatable bonds is 3. The molecule has 0 heterocycles. The topological polar surface area (TPSA) is 47.3 Å². The molecule has 2 aromatic carbocycles. The molecule has 2 aromatic rings. The maximum Gasteiger partial charge on any atom is 0.121 e. The van der Waals surface area contributed by atoms with Crippen molar-refractivity contribution in [2.75, 3.05) is 18.2 Å². The molecular weight excluding hydrogens is 248 g/mol. The van der Waals surface area contributed by atoms with Gasteiger partial charge in [-0.25, -0.2) is 0 Å². The van der Waals surface area contributed by atoms with E-state index in [1.54, 1.807) is 13.2 Å². The van der Waals surface area contributed by atoms with Gasteiger partial charge in [-0.05, 0) is 36.8 Å². The third-order valence-electron chi connectivity index (χ3n) is 2.65. The van der Waals surface area contributed by atoms with E-state index >= 15 is 0 Å². The van der Waals surface area contributed by atoms with E-state index in [0.29, 0.717) is 10.7 Å². The van der Waals surface area contributed by atoms with E-state index in [4.69, 9.17) is 22.1 Å². The first-order valence-corrected chi connectivity index (χ1v) is 5.94. The molecule has 0 spiro atoms. The van der Waals surface area contributed by atoms with E-state index in [1.165, 1.54) is 0 Å². The maximum absolute atomic E-state index is 6.13. The number of hydrogen-bond donors (Lipinski definition) is 2. The number of aryl methyl sites for hydroxylation is 1. The van der Waals surface area contributed by atoms with Gasteiger partial charge in [0.25, 0.3) is 0 Å². The van der Waals surface area contributed by atoms with Crippen LogP contribution in [0, 0.1) is 6.92 Å². The van der Waals surface area contributed by atoms with E-state index in [0.717, 1.165) is 22.7 Å². The Kier molecular flexibility index (Phi) is 3.63. The second-order valence-electron chi connectivity index (χ2n) is 4.06. The van der Waals surface area contributed by atoms with Crippen LogP contribution >= 0.6 is 11.6 Å². The molecular formula is C14H15ClN2O. The molecule has 0 aliphatic carbocycles. The first kappa shape index (κ1) is 12.6. The lowest BCUT2D eigenvalue weighted by atomic mass is 10.2. The summed E-state index contributed by atoms with van der Waals surface area (Å²) in [4.78, 5) is 0. The fourth-order valence-electron chi connectivity index (χ4n) is 1.67. The number of nitrogens with one attached hydrogen (secondary N) is 1. The molecule has 2 rings (SSSR count). The minimum atomic E-state index is 0.621. The van der Waals surface area contributed by atoms with Gasteiger partial charge in [-0.3, -0.25) is 0 Å². The fourth-order valence-corrected chi connectivity index (χ4v) is 1.83. The van der Waals surface area contributed by atoms with E-state index in [9.17, 15) is 0 Å². The van der Waals surface area contributed by atoms with Crippen molar-refractivity contribution in [3.8, 4) is 5.75 Å². The SMILES string of the molecule is COc1ccc(Cl)c(Nc2ccc(C)cc2N)c1. The van der Waals surface area contributed by atoms with Gasteiger partial charge in [0.1, 0.15) is 5.75 Å². The Bertz CT molecular complexity index is 570. The van der Waals surface area contributed by atoms with Crippen LogP contribution < -0.4 is 15.8 Å². The molecule has 3 N–H and O–H groups in total. The van der Waals surface area contributed by atoms with Crippen LogP contribution in [0.2, 0.25) is 5.02 Å². The zero-order chi connectivity index (χ0) is 13.1. The fraction of sp³-hybridized carbons (Fsp3) is 0.143. The molecule has 0 saturated heterocycles. The van der Waals surface area contributed by atoms with Gasteiger partial charge in [0.05, 0.1) is 29.2 Å². The summed E-state index contributed by atoms with van der Waals surface area (Å²) in [6.45, 7) is 2.00. The molecule has 0 atom stereocenters. The smallest absolute Gasteiger partial charge is 0.121 e. The summed E-state index contributed by atoms with van der Waals surface area (Å²) in [5, 5.41) is 3.83. The van der Waals surface area contributed by atoms with Crippen molar-refractivity contribution in [3.05, 3.63) is 47.0 Å². The lowest BCUT2D eigenvalue weighted by Gasteiger charge is -2.12. The van der Waals surface area contributed by atoms with E-state index in [1.807, 2.05) is 37.3 Å². The number of methoxy groups -OCH3 is 1. The summed E-state index contributed by atoms with van der Waals surface area (Å²) < 4.78 is 5.17. The van der Waals surface area contributed by atoms with Gasteiger partial charge in [-0.2, -0.15) is 0 Å². The van der Waals surface area contributed by atoms with Crippen LogP contribution in [0.4, 0.5) is 17.1 Å². The zero-order valence-corrected chi connectivity index (χ0v) is 11.1. The average Bonchev–Trinajstić information content (AvgIpc) is 2.35. The van der Waals surface area contributed by atoms with E-state index in [2.05, 4.69) is 5.32 Å². The Morgan fingerprint density at radius 1 is 1.11 bits per heavy atom. The first-order valence-electron chi connectivity index (χ1n) is 5.57. The molecule has 94 valence electrons. The molecule has 0 aliphatic heterocycles. The Balaban J connectivity index is 2.33. The number of halogens is 1. The van der Waals surface area contributed by atoms with E-state index < -0.39 is 0 Å². The molecule has 0 aromatic heterocycles. The number of hydrogen-bond acceptors (Lipinski definition) is 3. The van der Waals surface area contributed by atoms with Crippen molar-refractivity contribution in [2.24, 2.45) is 0 Å². The maximum atomic E-state index is 6.13. The molecule has 0 bridgehead atoms. The summed E-state index contributed by atoms with van der Waals surface area (Å²) >= 11 is 6.13. The number of nitrogens with two attached hydrogens (primary N) is 1. The highest BCUT2D eigenvalue weighted by atomic mass is 35.5. The van der Waals surface area contributed by atoms with Crippen molar-refractivity contribution in [1.82, 2.24) is 0 Å². The third-order valence-corrected chi connectivity index (χ3v) is 2.98. The standard InChI is InChI=1S/C14H15ClN2O/c1-9-3-6-13(12(16)7-9)17-14-8-10(18-2)4-5-11(14)15/h3-8,17H,16H2,1-2H3. The van der Waals surface area contributed by atoms with Crippen LogP contribution in [0.3, 0.4) is 0 Å². The number of ether oxygens (including phenoxy) is 1. The third kappa shape index (κ3) is 2.68.